The van der Waals surface area contributed by atoms with Crippen LogP contribution in [-0.2, 0) is 16.6 Å². The van der Waals surface area contributed by atoms with E-state index >= 15 is 0 Å². The van der Waals surface area contributed by atoms with Gasteiger partial charge >= 0.3 is 0 Å². The van der Waals surface area contributed by atoms with Gasteiger partial charge in [0.1, 0.15) is 5.69 Å². The monoisotopic (exact) mass is 418 g/mol. The number of rotatable bonds is 8. The lowest BCUT2D eigenvalue weighted by Crippen LogP contribution is -2.30. The van der Waals surface area contributed by atoms with Gasteiger partial charge in [0.25, 0.3) is 5.69 Å². The van der Waals surface area contributed by atoms with Crippen molar-refractivity contribution in [2.75, 3.05) is 18.4 Å². The van der Waals surface area contributed by atoms with Crippen LogP contribution in [0.1, 0.15) is 25.8 Å². The SMILES string of the molecule is CC(C)NS(=O)(=O)c1ccc(N[C@@H]2CCN(Cc3ccccc3)C2)c([N+](=O)[O-])c1. The summed E-state index contributed by atoms with van der Waals surface area (Å²) < 4.78 is 27.1. The molecule has 2 aromatic carbocycles. The highest BCUT2D eigenvalue weighted by atomic mass is 32.2. The van der Waals surface area contributed by atoms with Crippen molar-refractivity contribution >= 4 is 21.4 Å². The summed E-state index contributed by atoms with van der Waals surface area (Å²) in [7, 11) is -3.79. The molecule has 1 atom stereocenters. The van der Waals surface area contributed by atoms with E-state index in [9.17, 15) is 18.5 Å². The molecule has 3 rings (SSSR count). The first-order valence-electron chi connectivity index (χ1n) is 9.58. The molecule has 1 aliphatic rings. The quantitative estimate of drug-likeness (QED) is 0.504. The van der Waals surface area contributed by atoms with Crippen LogP contribution in [0.5, 0.6) is 0 Å². The molecule has 0 bridgehead atoms. The third kappa shape index (κ3) is 5.53. The second-order valence-electron chi connectivity index (χ2n) is 7.56. The number of hydrogen-bond donors (Lipinski definition) is 2. The normalized spacial score (nSPS) is 17.6. The van der Waals surface area contributed by atoms with Gasteiger partial charge in [-0.05, 0) is 38.0 Å². The Kier molecular flexibility index (Phi) is 6.51. The number of likely N-dealkylation sites (tertiary alicyclic amines) is 1. The summed E-state index contributed by atoms with van der Waals surface area (Å²) in [5.41, 5.74) is 1.33. The predicted octanol–water partition coefficient (Wildman–Crippen LogP) is 2.97. The van der Waals surface area contributed by atoms with Gasteiger partial charge in [0, 0.05) is 37.8 Å². The topological polar surface area (TPSA) is 105 Å². The summed E-state index contributed by atoms with van der Waals surface area (Å²) in [5, 5.41) is 14.8. The molecule has 0 aromatic heterocycles. The maximum absolute atomic E-state index is 12.3. The van der Waals surface area contributed by atoms with E-state index < -0.39 is 14.9 Å². The van der Waals surface area contributed by atoms with Gasteiger partial charge in [0.2, 0.25) is 10.0 Å². The Bertz CT molecular complexity index is 964. The van der Waals surface area contributed by atoms with Crippen molar-refractivity contribution in [3.63, 3.8) is 0 Å². The number of nitrogens with one attached hydrogen (secondary N) is 2. The van der Waals surface area contributed by atoms with Crippen LogP contribution >= 0.6 is 0 Å². The number of nitro groups is 1. The van der Waals surface area contributed by atoms with Crippen molar-refractivity contribution in [3.8, 4) is 0 Å². The molecule has 0 amide bonds. The molecule has 29 heavy (non-hydrogen) atoms. The van der Waals surface area contributed by atoms with E-state index in [1.807, 2.05) is 18.2 Å². The fraction of sp³-hybridized carbons (Fsp3) is 0.400. The standard InChI is InChI=1S/C20H26N4O4S/c1-15(2)22-29(27,28)18-8-9-19(20(12-18)24(25)26)21-17-10-11-23(14-17)13-16-6-4-3-5-7-16/h3-9,12,15,17,21-22H,10-11,13-14H2,1-2H3/t17-/m1/s1. The summed E-state index contributed by atoms with van der Waals surface area (Å²) in [5.74, 6) is 0. The molecule has 0 spiro atoms. The van der Waals surface area contributed by atoms with Crippen LogP contribution in [0.2, 0.25) is 0 Å². The highest BCUT2D eigenvalue weighted by molar-refractivity contribution is 7.89. The number of sulfonamides is 1. The Morgan fingerprint density at radius 1 is 1.21 bits per heavy atom. The Morgan fingerprint density at radius 3 is 2.59 bits per heavy atom. The largest absolute Gasteiger partial charge is 0.375 e. The van der Waals surface area contributed by atoms with E-state index in [1.54, 1.807) is 13.8 Å². The Morgan fingerprint density at radius 2 is 1.93 bits per heavy atom. The van der Waals surface area contributed by atoms with Crippen LogP contribution in [0.4, 0.5) is 11.4 Å². The molecular formula is C20H26N4O4S. The lowest BCUT2D eigenvalue weighted by atomic mass is 10.2. The number of benzene rings is 2. The molecule has 0 radical (unpaired) electrons. The van der Waals surface area contributed by atoms with Gasteiger partial charge in [0.05, 0.1) is 9.82 Å². The molecule has 0 aliphatic carbocycles. The Balaban J connectivity index is 1.71. The third-order valence-electron chi connectivity index (χ3n) is 4.75. The summed E-state index contributed by atoms with van der Waals surface area (Å²) in [6.07, 6.45) is 0.860. The highest BCUT2D eigenvalue weighted by Crippen LogP contribution is 2.29. The zero-order valence-corrected chi connectivity index (χ0v) is 17.4. The number of anilines is 1. The van der Waals surface area contributed by atoms with Crippen molar-refractivity contribution in [3.05, 3.63) is 64.2 Å². The van der Waals surface area contributed by atoms with Gasteiger partial charge in [-0.1, -0.05) is 30.3 Å². The fourth-order valence-corrected chi connectivity index (χ4v) is 4.76. The van der Waals surface area contributed by atoms with Crippen molar-refractivity contribution in [1.82, 2.24) is 9.62 Å². The minimum Gasteiger partial charge on any atom is -0.375 e. The molecule has 1 saturated heterocycles. The molecule has 2 aromatic rings. The molecule has 2 N–H and O–H groups in total. The summed E-state index contributed by atoms with van der Waals surface area (Å²) in [6.45, 7) is 5.89. The van der Waals surface area contributed by atoms with E-state index in [4.69, 9.17) is 0 Å². The van der Waals surface area contributed by atoms with Gasteiger partial charge in [-0.2, -0.15) is 0 Å². The summed E-state index contributed by atoms with van der Waals surface area (Å²) in [4.78, 5) is 13.2. The zero-order valence-electron chi connectivity index (χ0n) is 16.5. The average Bonchev–Trinajstić information content (AvgIpc) is 3.08. The zero-order chi connectivity index (χ0) is 21.0. The van der Waals surface area contributed by atoms with E-state index in [0.29, 0.717) is 5.69 Å². The Hall–Kier alpha value is -2.49. The van der Waals surface area contributed by atoms with Crippen molar-refractivity contribution in [2.24, 2.45) is 0 Å². The van der Waals surface area contributed by atoms with Crippen LogP contribution in [0.25, 0.3) is 0 Å². The van der Waals surface area contributed by atoms with E-state index in [2.05, 4.69) is 27.1 Å². The molecule has 1 heterocycles. The first-order valence-corrected chi connectivity index (χ1v) is 11.1. The fourth-order valence-electron chi connectivity index (χ4n) is 3.49. The molecule has 1 fully saturated rings. The number of nitrogens with zero attached hydrogens (tertiary/aromatic N) is 2. The van der Waals surface area contributed by atoms with E-state index in [1.165, 1.54) is 17.7 Å². The van der Waals surface area contributed by atoms with Crippen molar-refractivity contribution in [2.45, 2.75) is 43.8 Å². The minimum atomic E-state index is -3.79. The van der Waals surface area contributed by atoms with Gasteiger partial charge in [0.15, 0.2) is 0 Å². The first-order chi connectivity index (χ1) is 13.7. The molecule has 1 aliphatic heterocycles. The van der Waals surface area contributed by atoms with E-state index in [0.717, 1.165) is 32.1 Å². The average molecular weight is 419 g/mol. The summed E-state index contributed by atoms with van der Waals surface area (Å²) >= 11 is 0. The molecule has 156 valence electrons. The lowest BCUT2D eigenvalue weighted by Gasteiger charge is -2.18. The maximum atomic E-state index is 12.3. The lowest BCUT2D eigenvalue weighted by molar-refractivity contribution is -0.384. The molecule has 0 unspecified atom stereocenters. The van der Waals surface area contributed by atoms with Gasteiger partial charge in [-0.25, -0.2) is 13.1 Å². The van der Waals surface area contributed by atoms with Crippen molar-refractivity contribution < 1.29 is 13.3 Å². The highest BCUT2D eigenvalue weighted by Gasteiger charge is 2.26. The van der Waals surface area contributed by atoms with Crippen LogP contribution < -0.4 is 10.0 Å². The molecular weight excluding hydrogens is 392 g/mol. The van der Waals surface area contributed by atoms with E-state index in [-0.39, 0.29) is 22.7 Å². The predicted molar refractivity (Wildman–Crippen MR) is 112 cm³/mol. The molecule has 8 nitrogen and oxygen atoms in total. The Labute approximate surface area is 171 Å². The first kappa shape index (κ1) is 21.2. The second kappa shape index (κ2) is 8.89. The molecule has 9 heteroatoms. The smallest absolute Gasteiger partial charge is 0.293 e. The van der Waals surface area contributed by atoms with Crippen molar-refractivity contribution in [1.29, 1.82) is 0 Å². The summed E-state index contributed by atoms with van der Waals surface area (Å²) in [6, 6.07) is 13.9. The van der Waals surface area contributed by atoms with Gasteiger partial charge in [-0.3, -0.25) is 15.0 Å². The van der Waals surface area contributed by atoms with Crippen LogP contribution in [0.15, 0.2) is 53.4 Å². The van der Waals surface area contributed by atoms with Gasteiger partial charge < -0.3 is 5.32 Å². The van der Waals surface area contributed by atoms with Crippen LogP contribution in [0, 0.1) is 10.1 Å². The number of nitro benzene ring substituents is 1. The third-order valence-corrected chi connectivity index (χ3v) is 6.40. The maximum Gasteiger partial charge on any atom is 0.293 e. The minimum absolute atomic E-state index is 0.0636. The van der Waals surface area contributed by atoms with Crippen LogP contribution in [0.3, 0.4) is 0 Å². The van der Waals surface area contributed by atoms with Gasteiger partial charge in [-0.15, -0.1) is 0 Å². The van der Waals surface area contributed by atoms with Crippen LogP contribution in [-0.4, -0.2) is 43.4 Å². The molecule has 0 saturated carbocycles. The number of hydrogen-bond acceptors (Lipinski definition) is 6. The second-order valence-corrected chi connectivity index (χ2v) is 9.28.